The number of hydrogen-bond acceptors (Lipinski definition) is 6. The lowest BCUT2D eigenvalue weighted by molar-refractivity contribution is 0.233. The number of unbranched alkanes of at least 4 members (excludes halogenated alkanes) is 1. The second kappa shape index (κ2) is 10.2. The van der Waals surface area contributed by atoms with Gasteiger partial charge in [0.05, 0.1) is 26.0 Å². The van der Waals surface area contributed by atoms with E-state index >= 15 is 0 Å². The van der Waals surface area contributed by atoms with Gasteiger partial charge in [-0.1, -0.05) is 12.1 Å². The molecule has 0 aromatic heterocycles. The monoisotopic (exact) mass is 386 g/mol. The zero-order valence-corrected chi connectivity index (χ0v) is 16.5. The molecule has 28 heavy (non-hydrogen) atoms. The molecular weight excluding hydrogens is 356 g/mol. The minimum absolute atomic E-state index is 0.139. The van der Waals surface area contributed by atoms with E-state index in [1.807, 2.05) is 12.1 Å². The number of hydrogen-bond donors (Lipinski definition) is 2. The fourth-order valence-electron chi connectivity index (χ4n) is 3.55. The Kier molecular flexibility index (Phi) is 7.39. The first-order chi connectivity index (χ1) is 13.7. The second-order valence-electron chi connectivity index (χ2n) is 7.01. The molecule has 0 saturated carbocycles. The molecule has 0 radical (unpaired) electrons. The van der Waals surface area contributed by atoms with E-state index in [9.17, 15) is 10.2 Å². The number of para-hydroxylation sites is 2. The molecule has 6 heteroatoms. The van der Waals surface area contributed by atoms with Gasteiger partial charge < -0.3 is 24.6 Å². The largest absolute Gasteiger partial charge is 0.508 e. The maximum Gasteiger partial charge on any atom is 0.142 e. The van der Waals surface area contributed by atoms with Crippen molar-refractivity contribution in [3.8, 4) is 17.2 Å². The minimum atomic E-state index is -0.139. The standard InChI is InChI=1S/C22H30N2O4/c1-27-22-7-3-2-6-20(22)24-13-11-23(12-14-24)10-4-5-15-28-21-9-8-19(26)16-18(21)17-25/h2-3,6-9,16,25-26H,4-5,10-15,17H2,1H3. The highest BCUT2D eigenvalue weighted by molar-refractivity contribution is 5.58. The third-order valence-corrected chi connectivity index (χ3v) is 5.14. The van der Waals surface area contributed by atoms with E-state index < -0.39 is 0 Å². The Balaban J connectivity index is 1.36. The molecular formula is C22H30N2O4. The summed E-state index contributed by atoms with van der Waals surface area (Å²) < 4.78 is 11.2. The van der Waals surface area contributed by atoms with E-state index in [0.29, 0.717) is 17.9 Å². The number of rotatable bonds is 9. The molecule has 152 valence electrons. The Morgan fingerprint density at radius 1 is 0.964 bits per heavy atom. The van der Waals surface area contributed by atoms with Gasteiger partial charge in [0.15, 0.2) is 0 Å². The number of anilines is 1. The van der Waals surface area contributed by atoms with Crippen LogP contribution in [0, 0.1) is 0 Å². The van der Waals surface area contributed by atoms with Crippen LogP contribution in [0.5, 0.6) is 17.2 Å². The first-order valence-corrected chi connectivity index (χ1v) is 9.87. The summed E-state index contributed by atoms with van der Waals surface area (Å²) in [6, 6.07) is 13.0. The lowest BCUT2D eigenvalue weighted by Gasteiger charge is -2.36. The van der Waals surface area contributed by atoms with Crippen molar-refractivity contribution in [1.82, 2.24) is 4.90 Å². The zero-order valence-electron chi connectivity index (χ0n) is 16.5. The topological polar surface area (TPSA) is 65.4 Å². The first-order valence-electron chi connectivity index (χ1n) is 9.87. The number of phenolic OH excluding ortho intramolecular Hbond substituents is 1. The summed E-state index contributed by atoms with van der Waals surface area (Å²) in [5.74, 6) is 1.72. The van der Waals surface area contributed by atoms with Crippen LogP contribution >= 0.6 is 0 Å². The third-order valence-electron chi connectivity index (χ3n) is 5.14. The molecule has 2 aromatic rings. The van der Waals surface area contributed by atoms with Crippen molar-refractivity contribution in [2.75, 3.05) is 51.3 Å². The summed E-state index contributed by atoms with van der Waals surface area (Å²) in [5, 5.41) is 18.8. The van der Waals surface area contributed by atoms with Gasteiger partial charge in [-0.15, -0.1) is 0 Å². The van der Waals surface area contributed by atoms with Gasteiger partial charge >= 0.3 is 0 Å². The van der Waals surface area contributed by atoms with Crippen LogP contribution in [-0.4, -0.2) is 61.6 Å². The fraction of sp³-hybridized carbons (Fsp3) is 0.455. The summed E-state index contributed by atoms with van der Waals surface area (Å²) in [5.41, 5.74) is 1.79. The maximum absolute atomic E-state index is 9.46. The van der Waals surface area contributed by atoms with Crippen LogP contribution < -0.4 is 14.4 Å². The van der Waals surface area contributed by atoms with Crippen LogP contribution in [0.2, 0.25) is 0 Å². The van der Waals surface area contributed by atoms with Crippen molar-refractivity contribution >= 4 is 5.69 Å². The molecule has 2 N–H and O–H groups in total. The molecule has 0 unspecified atom stereocenters. The van der Waals surface area contributed by atoms with E-state index in [2.05, 4.69) is 21.9 Å². The number of methoxy groups -OCH3 is 1. The fourth-order valence-corrected chi connectivity index (χ4v) is 3.55. The van der Waals surface area contributed by atoms with Crippen molar-refractivity contribution < 1.29 is 19.7 Å². The molecule has 1 fully saturated rings. The molecule has 1 aliphatic heterocycles. The molecule has 3 rings (SSSR count). The molecule has 0 amide bonds. The SMILES string of the molecule is COc1ccccc1N1CCN(CCCCOc2ccc(O)cc2CO)CC1. The Hall–Kier alpha value is -2.44. The summed E-state index contributed by atoms with van der Waals surface area (Å²) in [6.07, 6.45) is 2.03. The van der Waals surface area contributed by atoms with Gasteiger partial charge in [0, 0.05) is 31.7 Å². The van der Waals surface area contributed by atoms with E-state index in [4.69, 9.17) is 9.47 Å². The number of benzene rings is 2. The van der Waals surface area contributed by atoms with Crippen molar-refractivity contribution in [3.05, 3.63) is 48.0 Å². The van der Waals surface area contributed by atoms with Gasteiger partial charge in [-0.25, -0.2) is 0 Å². The van der Waals surface area contributed by atoms with Gasteiger partial charge in [-0.05, 0) is 49.7 Å². The molecule has 0 bridgehead atoms. The molecule has 0 spiro atoms. The van der Waals surface area contributed by atoms with Crippen LogP contribution in [0.4, 0.5) is 5.69 Å². The highest BCUT2D eigenvalue weighted by Crippen LogP contribution is 2.28. The minimum Gasteiger partial charge on any atom is -0.508 e. The van der Waals surface area contributed by atoms with Crippen LogP contribution in [0.15, 0.2) is 42.5 Å². The van der Waals surface area contributed by atoms with Gasteiger partial charge in [-0.2, -0.15) is 0 Å². The smallest absolute Gasteiger partial charge is 0.142 e. The summed E-state index contributed by atoms with van der Waals surface area (Å²) in [4.78, 5) is 4.88. The number of piperazine rings is 1. The zero-order chi connectivity index (χ0) is 19.8. The van der Waals surface area contributed by atoms with Crippen LogP contribution in [0.25, 0.3) is 0 Å². The van der Waals surface area contributed by atoms with E-state index in [1.165, 1.54) is 11.8 Å². The predicted molar refractivity (Wildman–Crippen MR) is 110 cm³/mol. The lowest BCUT2D eigenvalue weighted by Crippen LogP contribution is -2.46. The average molecular weight is 386 g/mol. The van der Waals surface area contributed by atoms with Crippen molar-refractivity contribution in [3.63, 3.8) is 0 Å². The third kappa shape index (κ3) is 5.30. The summed E-state index contributed by atoms with van der Waals surface area (Å²) in [7, 11) is 1.72. The number of ether oxygens (including phenoxy) is 2. The number of phenols is 1. The highest BCUT2D eigenvalue weighted by Gasteiger charge is 2.19. The second-order valence-corrected chi connectivity index (χ2v) is 7.01. The molecule has 6 nitrogen and oxygen atoms in total. The van der Waals surface area contributed by atoms with Crippen LogP contribution in [-0.2, 0) is 6.61 Å². The molecule has 0 aliphatic carbocycles. The van der Waals surface area contributed by atoms with E-state index in [0.717, 1.165) is 51.3 Å². The highest BCUT2D eigenvalue weighted by atomic mass is 16.5. The van der Waals surface area contributed by atoms with E-state index in [1.54, 1.807) is 19.2 Å². The van der Waals surface area contributed by atoms with Gasteiger partial charge in [-0.3, -0.25) is 4.90 Å². The van der Waals surface area contributed by atoms with Gasteiger partial charge in [0.2, 0.25) is 0 Å². The van der Waals surface area contributed by atoms with Crippen molar-refractivity contribution in [1.29, 1.82) is 0 Å². The molecule has 0 atom stereocenters. The van der Waals surface area contributed by atoms with Crippen LogP contribution in [0.1, 0.15) is 18.4 Å². The Morgan fingerprint density at radius 2 is 1.75 bits per heavy atom. The molecule has 1 aliphatic rings. The Labute approximate surface area is 166 Å². The van der Waals surface area contributed by atoms with E-state index in [-0.39, 0.29) is 12.4 Å². The quantitative estimate of drug-likeness (QED) is 0.646. The average Bonchev–Trinajstić information content (AvgIpc) is 2.74. The van der Waals surface area contributed by atoms with Crippen molar-refractivity contribution in [2.24, 2.45) is 0 Å². The molecule has 2 aromatic carbocycles. The van der Waals surface area contributed by atoms with Crippen LogP contribution in [0.3, 0.4) is 0 Å². The Morgan fingerprint density at radius 3 is 2.50 bits per heavy atom. The predicted octanol–water partition coefficient (Wildman–Crippen LogP) is 2.87. The van der Waals surface area contributed by atoms with Crippen molar-refractivity contribution in [2.45, 2.75) is 19.4 Å². The first kappa shape index (κ1) is 20.3. The van der Waals surface area contributed by atoms with Gasteiger partial charge in [0.1, 0.15) is 17.2 Å². The normalized spacial score (nSPS) is 14.9. The number of nitrogens with zero attached hydrogens (tertiary/aromatic N) is 2. The lowest BCUT2D eigenvalue weighted by atomic mass is 10.2. The summed E-state index contributed by atoms with van der Waals surface area (Å²) in [6.45, 7) is 5.64. The number of aromatic hydroxyl groups is 1. The Bertz CT molecular complexity index is 745. The molecule has 1 saturated heterocycles. The molecule has 1 heterocycles. The summed E-state index contributed by atoms with van der Waals surface area (Å²) >= 11 is 0. The number of aliphatic hydroxyl groups excluding tert-OH is 1. The number of aliphatic hydroxyl groups is 1. The maximum atomic E-state index is 9.46. The van der Waals surface area contributed by atoms with Gasteiger partial charge in [0.25, 0.3) is 0 Å².